The minimum Gasteiger partial charge on any atom is -0.480 e. The van der Waals surface area contributed by atoms with Crippen LogP contribution < -0.4 is 5.32 Å². The lowest BCUT2D eigenvalue weighted by Gasteiger charge is -2.17. The lowest BCUT2D eigenvalue weighted by atomic mass is 10.1. The van der Waals surface area contributed by atoms with Gasteiger partial charge in [-0.3, -0.25) is 14.5 Å². The molecule has 1 aromatic rings. The molecule has 1 fully saturated rings. The van der Waals surface area contributed by atoms with E-state index in [0.29, 0.717) is 21.4 Å². The van der Waals surface area contributed by atoms with Gasteiger partial charge >= 0.3 is 5.97 Å². The highest BCUT2D eigenvalue weighted by molar-refractivity contribution is 8.26. The predicted molar refractivity (Wildman–Crippen MR) is 127 cm³/mol. The largest absolute Gasteiger partial charge is 0.480 e. The molecular weight excluding hydrogens is 440 g/mol. The number of nitrogens with one attached hydrogen (secondary N) is 1. The van der Waals surface area contributed by atoms with E-state index in [0.717, 1.165) is 11.1 Å². The molecule has 0 spiro atoms. The Kier molecular flexibility index (Phi) is 9.61. The van der Waals surface area contributed by atoms with Crippen LogP contribution in [0.25, 0.3) is 6.08 Å². The van der Waals surface area contributed by atoms with Gasteiger partial charge in [0.25, 0.3) is 5.91 Å². The molecule has 30 heavy (non-hydrogen) atoms. The molecule has 1 saturated heterocycles. The Balaban J connectivity index is 1.95. The zero-order valence-electron chi connectivity index (χ0n) is 16.8. The molecule has 1 aliphatic heterocycles. The van der Waals surface area contributed by atoms with E-state index in [1.54, 1.807) is 6.08 Å². The second-order valence-electron chi connectivity index (χ2n) is 6.62. The van der Waals surface area contributed by atoms with Crippen LogP contribution in [0.2, 0.25) is 0 Å². The zero-order valence-corrected chi connectivity index (χ0v) is 19.2. The van der Waals surface area contributed by atoms with Crippen molar-refractivity contribution < 1.29 is 19.5 Å². The molecule has 160 valence electrons. The Morgan fingerprint density at radius 3 is 2.67 bits per heavy atom. The minimum absolute atomic E-state index is 0.0123. The first-order valence-electron chi connectivity index (χ1n) is 9.31. The number of carboxylic acid groups (broad SMARTS) is 1. The van der Waals surface area contributed by atoms with E-state index < -0.39 is 17.9 Å². The van der Waals surface area contributed by atoms with Crippen molar-refractivity contribution in [2.24, 2.45) is 0 Å². The highest BCUT2D eigenvalue weighted by Gasteiger charge is 2.32. The summed E-state index contributed by atoms with van der Waals surface area (Å²) in [6.45, 7) is 2.03. The van der Waals surface area contributed by atoms with Crippen molar-refractivity contribution in [2.75, 3.05) is 18.6 Å². The van der Waals surface area contributed by atoms with Crippen LogP contribution in [-0.4, -0.2) is 56.7 Å². The topological polar surface area (TPSA) is 86.7 Å². The third-order valence-electron chi connectivity index (χ3n) is 4.23. The molecule has 6 nitrogen and oxygen atoms in total. The number of aliphatic carboxylic acids is 1. The monoisotopic (exact) mass is 464 g/mol. The summed E-state index contributed by atoms with van der Waals surface area (Å²) < 4.78 is 0.392. The van der Waals surface area contributed by atoms with Crippen LogP contribution in [-0.2, 0) is 14.4 Å². The molecule has 0 bridgehead atoms. The van der Waals surface area contributed by atoms with Crippen molar-refractivity contribution >= 4 is 63.9 Å². The average molecular weight is 465 g/mol. The Hall–Kier alpha value is -2.10. The molecule has 1 heterocycles. The summed E-state index contributed by atoms with van der Waals surface area (Å²) in [4.78, 5) is 38.0. The Morgan fingerprint density at radius 1 is 1.33 bits per heavy atom. The van der Waals surface area contributed by atoms with E-state index in [2.05, 4.69) is 5.32 Å². The van der Waals surface area contributed by atoms with Gasteiger partial charge in [-0.15, -0.1) is 0 Å². The van der Waals surface area contributed by atoms with Crippen molar-refractivity contribution in [3.8, 4) is 0 Å². The van der Waals surface area contributed by atoms with E-state index in [4.69, 9.17) is 12.2 Å². The molecule has 1 aromatic carbocycles. The fourth-order valence-corrected chi connectivity index (χ4v) is 4.56. The van der Waals surface area contributed by atoms with E-state index in [1.165, 1.54) is 28.4 Å². The van der Waals surface area contributed by atoms with Crippen molar-refractivity contribution in [3.05, 3.63) is 52.4 Å². The van der Waals surface area contributed by atoms with E-state index >= 15 is 0 Å². The van der Waals surface area contributed by atoms with Crippen LogP contribution in [0.15, 0.2) is 46.9 Å². The Morgan fingerprint density at radius 2 is 2.03 bits per heavy atom. The maximum Gasteiger partial charge on any atom is 0.326 e. The molecule has 0 aromatic heterocycles. The number of carbonyl (C=O) groups excluding carboxylic acids is 2. The fourth-order valence-electron chi connectivity index (χ4n) is 2.73. The number of thioether (sulfide) groups is 2. The SMILES string of the molecule is CSCC[C@@H](NC(=O)CCN1C(=O)/C(=C\C(C)=C\c2ccccc2)SC1=S)C(=O)O. The summed E-state index contributed by atoms with van der Waals surface area (Å²) >= 11 is 8.01. The molecule has 2 N–H and O–H groups in total. The summed E-state index contributed by atoms with van der Waals surface area (Å²) in [5, 5.41) is 11.7. The van der Waals surface area contributed by atoms with Gasteiger partial charge in [-0.25, -0.2) is 4.79 Å². The number of carboxylic acids is 1. The number of thiocarbonyl (C=S) groups is 1. The molecule has 2 rings (SSSR count). The zero-order chi connectivity index (χ0) is 22.1. The number of hydrogen-bond acceptors (Lipinski definition) is 6. The molecule has 0 aliphatic carbocycles. The first-order valence-corrected chi connectivity index (χ1v) is 11.9. The maximum atomic E-state index is 12.7. The first-order chi connectivity index (χ1) is 14.3. The molecular formula is C21H24N2O4S3. The van der Waals surface area contributed by atoms with Crippen LogP contribution in [0.3, 0.4) is 0 Å². The molecule has 1 aliphatic rings. The standard InChI is InChI=1S/C21H24N2O4S3/c1-14(12-15-6-4-3-5-7-15)13-17-19(25)23(21(28)30-17)10-8-18(24)22-16(20(26)27)9-11-29-2/h3-7,12-13,16H,8-11H2,1-2H3,(H,22,24)(H,26,27)/b14-12+,17-13+/t16-/m1/s1. The highest BCUT2D eigenvalue weighted by atomic mass is 32.2. The third-order valence-corrected chi connectivity index (χ3v) is 6.25. The number of rotatable bonds is 10. The van der Waals surface area contributed by atoms with Crippen LogP contribution in [0.1, 0.15) is 25.3 Å². The summed E-state index contributed by atoms with van der Waals surface area (Å²) in [7, 11) is 0. The van der Waals surface area contributed by atoms with E-state index in [-0.39, 0.29) is 18.9 Å². The minimum atomic E-state index is -1.06. The van der Waals surface area contributed by atoms with Crippen molar-refractivity contribution in [3.63, 3.8) is 0 Å². The number of hydrogen-bond donors (Lipinski definition) is 2. The second kappa shape index (κ2) is 11.9. The number of allylic oxidation sites excluding steroid dienone is 2. The molecule has 0 unspecified atom stereocenters. The molecule has 0 radical (unpaired) electrons. The van der Waals surface area contributed by atoms with Crippen molar-refractivity contribution in [1.29, 1.82) is 0 Å². The lowest BCUT2D eigenvalue weighted by Crippen LogP contribution is -2.42. The number of nitrogens with zero attached hydrogens (tertiary/aromatic N) is 1. The predicted octanol–water partition coefficient (Wildman–Crippen LogP) is 3.55. The van der Waals surface area contributed by atoms with Gasteiger partial charge in [0.15, 0.2) is 0 Å². The number of carbonyl (C=O) groups is 3. The van der Waals surface area contributed by atoms with Crippen molar-refractivity contribution in [1.82, 2.24) is 10.2 Å². The molecule has 9 heteroatoms. The van der Waals surface area contributed by atoms with Gasteiger partial charge < -0.3 is 10.4 Å². The van der Waals surface area contributed by atoms with Gasteiger partial charge in [0.2, 0.25) is 5.91 Å². The smallest absolute Gasteiger partial charge is 0.326 e. The second-order valence-corrected chi connectivity index (χ2v) is 9.28. The summed E-state index contributed by atoms with van der Waals surface area (Å²) in [5.74, 6) is -1.09. The Labute approximate surface area is 190 Å². The Bertz CT molecular complexity index is 868. The van der Waals surface area contributed by atoms with Crippen LogP contribution in [0, 0.1) is 0 Å². The highest BCUT2D eigenvalue weighted by Crippen LogP contribution is 2.32. The summed E-state index contributed by atoms with van der Waals surface area (Å²) in [6, 6.07) is 8.85. The number of amides is 2. The number of benzene rings is 1. The molecule has 0 saturated carbocycles. The van der Waals surface area contributed by atoms with Gasteiger partial charge in [-0.1, -0.05) is 60.4 Å². The summed E-state index contributed by atoms with van der Waals surface area (Å²) in [5.41, 5.74) is 1.95. The average Bonchev–Trinajstić information content (AvgIpc) is 2.96. The maximum absolute atomic E-state index is 12.7. The van der Waals surface area contributed by atoms with Crippen LogP contribution in [0.4, 0.5) is 0 Å². The van der Waals surface area contributed by atoms with Gasteiger partial charge in [-0.2, -0.15) is 11.8 Å². The third kappa shape index (κ3) is 7.30. The van der Waals surface area contributed by atoms with Gasteiger partial charge in [-0.05, 0) is 42.6 Å². The molecule has 2 amide bonds. The normalized spacial score (nSPS) is 16.8. The van der Waals surface area contributed by atoms with Crippen LogP contribution >= 0.6 is 35.7 Å². The van der Waals surface area contributed by atoms with Gasteiger partial charge in [0, 0.05) is 13.0 Å². The fraction of sp³-hybridized carbons (Fsp3) is 0.333. The quantitative estimate of drug-likeness (QED) is 0.404. The molecule has 1 atom stereocenters. The lowest BCUT2D eigenvalue weighted by molar-refractivity contribution is -0.142. The summed E-state index contributed by atoms with van der Waals surface area (Å²) in [6.07, 6.45) is 5.97. The van der Waals surface area contributed by atoms with Crippen LogP contribution in [0.5, 0.6) is 0 Å². The van der Waals surface area contributed by atoms with E-state index in [9.17, 15) is 19.5 Å². The van der Waals surface area contributed by atoms with E-state index in [1.807, 2.05) is 49.6 Å². The van der Waals surface area contributed by atoms with Gasteiger partial charge in [0.05, 0.1) is 4.91 Å². The first kappa shape index (κ1) is 24.2. The van der Waals surface area contributed by atoms with Gasteiger partial charge in [0.1, 0.15) is 10.4 Å². The van der Waals surface area contributed by atoms with Crippen molar-refractivity contribution in [2.45, 2.75) is 25.8 Å².